The van der Waals surface area contributed by atoms with Gasteiger partial charge in [-0.15, -0.1) is 0 Å². The van der Waals surface area contributed by atoms with E-state index in [0.29, 0.717) is 30.5 Å². The van der Waals surface area contributed by atoms with E-state index in [9.17, 15) is 9.90 Å². The number of ether oxygens (including phenoxy) is 1. The fraction of sp³-hybridized carbons (Fsp3) is 0.625. The Morgan fingerprint density at radius 1 is 1.41 bits per heavy atom. The lowest BCUT2D eigenvalue weighted by Gasteiger charge is -2.62. The average Bonchev–Trinajstić information content (AvgIpc) is 2.30. The Kier molecular flexibility index (Phi) is 3.53. The lowest BCUT2D eigenvalue weighted by Crippen LogP contribution is -2.68. The highest BCUT2D eigenvalue weighted by molar-refractivity contribution is 9.10. The molecule has 6 heteroatoms. The van der Waals surface area contributed by atoms with Crippen LogP contribution in [0.4, 0.5) is 4.79 Å². The van der Waals surface area contributed by atoms with Crippen LogP contribution in [0.1, 0.15) is 39.2 Å². The second-order valence-corrected chi connectivity index (χ2v) is 8.31. The molecule has 1 aromatic heterocycles. The van der Waals surface area contributed by atoms with Crippen LogP contribution in [0.3, 0.4) is 0 Å². The van der Waals surface area contributed by atoms with Gasteiger partial charge in [0.15, 0.2) is 0 Å². The molecule has 1 saturated carbocycles. The van der Waals surface area contributed by atoms with E-state index in [-0.39, 0.29) is 11.5 Å². The number of aliphatic hydroxyl groups is 1. The topological polar surface area (TPSA) is 62.7 Å². The largest absolute Gasteiger partial charge is 0.444 e. The Morgan fingerprint density at radius 2 is 2.05 bits per heavy atom. The van der Waals surface area contributed by atoms with E-state index in [2.05, 4.69) is 20.9 Å². The van der Waals surface area contributed by atoms with Crippen LogP contribution in [0.15, 0.2) is 22.9 Å². The standard InChI is InChI=1S/C16H21BrN2O3/c1-14(2,3)22-13(20)19-9-15(10-19)7-16(21,8-15)11-5-4-6-18-12(11)17/h4-6,21H,7-10H2,1-3H3. The van der Waals surface area contributed by atoms with Crippen LogP contribution < -0.4 is 0 Å². The molecule has 0 unspecified atom stereocenters. The van der Waals surface area contributed by atoms with E-state index in [4.69, 9.17) is 4.74 Å². The van der Waals surface area contributed by atoms with Crippen LogP contribution in [0.25, 0.3) is 0 Å². The van der Waals surface area contributed by atoms with E-state index in [1.54, 1.807) is 11.1 Å². The Labute approximate surface area is 138 Å². The summed E-state index contributed by atoms with van der Waals surface area (Å²) in [7, 11) is 0. The van der Waals surface area contributed by atoms with Crippen LogP contribution in [0, 0.1) is 5.41 Å². The summed E-state index contributed by atoms with van der Waals surface area (Å²) in [5.41, 5.74) is -0.453. The third-order valence-corrected chi connectivity index (χ3v) is 4.93. The molecule has 0 bridgehead atoms. The fourth-order valence-electron chi connectivity index (χ4n) is 3.56. The van der Waals surface area contributed by atoms with Crippen LogP contribution in [0.2, 0.25) is 0 Å². The lowest BCUT2D eigenvalue weighted by atomic mass is 9.53. The van der Waals surface area contributed by atoms with E-state index in [0.717, 1.165) is 5.56 Å². The molecule has 2 heterocycles. The molecule has 0 radical (unpaired) electrons. The highest BCUT2D eigenvalue weighted by atomic mass is 79.9. The van der Waals surface area contributed by atoms with Gasteiger partial charge in [0.05, 0.1) is 5.60 Å². The van der Waals surface area contributed by atoms with Gasteiger partial charge in [0, 0.05) is 30.3 Å². The third kappa shape index (κ3) is 2.74. The predicted molar refractivity (Wildman–Crippen MR) is 85.3 cm³/mol. The van der Waals surface area contributed by atoms with Crippen LogP contribution in [-0.2, 0) is 10.3 Å². The minimum atomic E-state index is -0.840. The number of likely N-dealkylation sites (tertiary alicyclic amines) is 1. The van der Waals surface area contributed by atoms with Gasteiger partial charge >= 0.3 is 6.09 Å². The fourth-order valence-corrected chi connectivity index (χ4v) is 4.17. The Balaban J connectivity index is 1.59. The molecular weight excluding hydrogens is 348 g/mol. The molecule has 22 heavy (non-hydrogen) atoms. The first kappa shape index (κ1) is 15.7. The molecule has 2 aliphatic rings. The number of hydrogen-bond donors (Lipinski definition) is 1. The summed E-state index contributed by atoms with van der Waals surface area (Å²) in [6, 6.07) is 3.73. The second-order valence-electron chi connectivity index (χ2n) is 7.56. The molecule has 1 N–H and O–H groups in total. The number of nitrogens with zero attached hydrogens (tertiary/aromatic N) is 2. The number of carbonyl (C=O) groups excluding carboxylic acids is 1. The van der Waals surface area contributed by atoms with E-state index < -0.39 is 11.2 Å². The van der Waals surface area contributed by atoms with Gasteiger partial charge < -0.3 is 14.7 Å². The van der Waals surface area contributed by atoms with E-state index >= 15 is 0 Å². The van der Waals surface area contributed by atoms with Gasteiger partial charge in [-0.1, -0.05) is 6.07 Å². The minimum absolute atomic E-state index is 0.0287. The molecule has 3 rings (SSSR count). The molecule has 5 nitrogen and oxygen atoms in total. The quantitative estimate of drug-likeness (QED) is 0.773. The van der Waals surface area contributed by atoms with Crippen LogP contribution in [-0.4, -0.2) is 39.8 Å². The summed E-state index contributed by atoms with van der Waals surface area (Å²) < 4.78 is 6.06. The van der Waals surface area contributed by atoms with Gasteiger partial charge in [-0.2, -0.15) is 0 Å². The monoisotopic (exact) mass is 368 g/mol. The van der Waals surface area contributed by atoms with Crippen molar-refractivity contribution in [3.05, 3.63) is 28.5 Å². The first-order chi connectivity index (χ1) is 10.1. The Bertz CT molecular complexity index is 598. The number of rotatable bonds is 1. The van der Waals surface area contributed by atoms with Crippen molar-refractivity contribution in [2.75, 3.05) is 13.1 Å². The summed E-state index contributed by atoms with van der Waals surface area (Å²) in [4.78, 5) is 17.9. The summed E-state index contributed by atoms with van der Waals surface area (Å²) in [5, 5.41) is 10.8. The zero-order valence-corrected chi connectivity index (χ0v) is 14.7. The number of halogens is 1. The van der Waals surface area contributed by atoms with Crippen molar-refractivity contribution < 1.29 is 14.6 Å². The number of aromatic nitrogens is 1. The second kappa shape index (κ2) is 4.93. The molecule has 2 fully saturated rings. The maximum Gasteiger partial charge on any atom is 0.410 e. The summed E-state index contributed by atoms with van der Waals surface area (Å²) in [6.07, 6.45) is 2.74. The SMILES string of the molecule is CC(C)(C)OC(=O)N1CC2(C1)CC(O)(c1cccnc1Br)C2. The van der Waals surface area contributed by atoms with Gasteiger partial charge in [0.25, 0.3) is 0 Å². The maximum absolute atomic E-state index is 12.0. The first-order valence-corrected chi connectivity index (χ1v) is 8.23. The number of amides is 1. The molecule has 1 aliphatic heterocycles. The predicted octanol–water partition coefficient (Wildman–Crippen LogP) is 3.06. The van der Waals surface area contributed by atoms with E-state index in [1.165, 1.54) is 0 Å². The lowest BCUT2D eigenvalue weighted by molar-refractivity contribution is -0.190. The maximum atomic E-state index is 12.0. The Morgan fingerprint density at radius 3 is 2.59 bits per heavy atom. The highest BCUT2D eigenvalue weighted by Crippen LogP contribution is 2.59. The van der Waals surface area contributed by atoms with Gasteiger partial charge in [-0.25, -0.2) is 9.78 Å². The third-order valence-electron chi connectivity index (χ3n) is 4.30. The summed E-state index contributed by atoms with van der Waals surface area (Å²) >= 11 is 3.40. The van der Waals surface area contributed by atoms with Crippen molar-refractivity contribution in [3.8, 4) is 0 Å². The molecule has 1 saturated heterocycles. The smallest absolute Gasteiger partial charge is 0.410 e. The molecule has 1 amide bonds. The zero-order chi connectivity index (χ0) is 16.2. The Hall–Kier alpha value is -1.14. The minimum Gasteiger partial charge on any atom is -0.444 e. The van der Waals surface area contributed by atoms with Crippen molar-refractivity contribution in [1.29, 1.82) is 0 Å². The van der Waals surface area contributed by atoms with Gasteiger partial charge in [0.2, 0.25) is 0 Å². The van der Waals surface area contributed by atoms with E-state index in [1.807, 2.05) is 32.9 Å². The highest BCUT2D eigenvalue weighted by Gasteiger charge is 2.61. The normalized spacial score (nSPS) is 22.0. The van der Waals surface area contributed by atoms with Crippen molar-refractivity contribution in [1.82, 2.24) is 9.88 Å². The molecule has 1 aromatic rings. The van der Waals surface area contributed by atoms with Crippen molar-refractivity contribution in [2.45, 2.75) is 44.8 Å². The van der Waals surface area contributed by atoms with Gasteiger partial charge in [-0.3, -0.25) is 0 Å². The molecule has 1 spiro atoms. The summed E-state index contributed by atoms with van der Waals surface area (Å²) in [5.74, 6) is 0. The molecule has 1 aliphatic carbocycles. The van der Waals surface area contributed by atoms with Crippen LogP contribution >= 0.6 is 15.9 Å². The van der Waals surface area contributed by atoms with Gasteiger partial charge in [0.1, 0.15) is 10.2 Å². The number of carbonyl (C=O) groups is 1. The number of pyridine rings is 1. The van der Waals surface area contributed by atoms with Crippen molar-refractivity contribution in [2.24, 2.45) is 5.41 Å². The van der Waals surface area contributed by atoms with Crippen molar-refractivity contribution in [3.63, 3.8) is 0 Å². The zero-order valence-electron chi connectivity index (χ0n) is 13.1. The van der Waals surface area contributed by atoms with Crippen LogP contribution in [0.5, 0.6) is 0 Å². The summed E-state index contributed by atoms with van der Waals surface area (Å²) in [6.45, 7) is 6.90. The number of hydrogen-bond acceptors (Lipinski definition) is 4. The first-order valence-electron chi connectivity index (χ1n) is 7.44. The molecular formula is C16H21BrN2O3. The average molecular weight is 369 g/mol. The van der Waals surface area contributed by atoms with Gasteiger partial charge in [-0.05, 0) is 55.6 Å². The molecule has 120 valence electrons. The van der Waals surface area contributed by atoms with Crippen molar-refractivity contribution >= 4 is 22.0 Å². The molecule has 0 atom stereocenters. The molecule has 0 aromatic carbocycles.